The Labute approximate surface area is 158 Å². The van der Waals surface area contributed by atoms with Gasteiger partial charge in [-0.2, -0.15) is 0 Å². The minimum absolute atomic E-state index is 0.0651. The first kappa shape index (κ1) is 20.7. The summed E-state index contributed by atoms with van der Waals surface area (Å²) in [5.41, 5.74) is -0.254. The zero-order valence-corrected chi connectivity index (χ0v) is 15.5. The molecule has 1 aromatic carbocycles. The second-order valence-corrected chi connectivity index (χ2v) is 7.32. The molecule has 1 aliphatic rings. The number of likely N-dealkylation sites (tertiary alicyclic amines) is 1. The predicted octanol–water partition coefficient (Wildman–Crippen LogP) is 0.0408. The molecular weight excluding hydrogens is 352 g/mol. The molecule has 0 aliphatic carbocycles. The maximum atomic E-state index is 12.5. The van der Waals surface area contributed by atoms with Gasteiger partial charge in [0.2, 0.25) is 5.91 Å². The van der Waals surface area contributed by atoms with Crippen molar-refractivity contribution in [1.82, 2.24) is 10.2 Å². The van der Waals surface area contributed by atoms with E-state index in [2.05, 4.69) is 5.32 Å². The second-order valence-electron chi connectivity index (χ2n) is 7.32. The van der Waals surface area contributed by atoms with E-state index < -0.39 is 35.5 Å². The summed E-state index contributed by atoms with van der Waals surface area (Å²) >= 11 is 0. The Kier molecular flexibility index (Phi) is 6.79. The number of hydrogen-bond donors (Lipinski definition) is 2. The predicted molar refractivity (Wildman–Crippen MR) is 94.2 cm³/mol. The molecule has 8 heteroatoms. The van der Waals surface area contributed by atoms with Crippen molar-refractivity contribution in [2.45, 2.75) is 45.4 Å². The highest BCUT2D eigenvalue weighted by atomic mass is 16.6. The Morgan fingerprint density at radius 2 is 2.00 bits per heavy atom. The molecule has 2 N–H and O–H groups in total. The van der Waals surface area contributed by atoms with Gasteiger partial charge in [0, 0.05) is 18.5 Å². The Hall–Kier alpha value is -2.61. The van der Waals surface area contributed by atoms with Crippen LogP contribution in [0.25, 0.3) is 0 Å². The van der Waals surface area contributed by atoms with Crippen molar-refractivity contribution < 1.29 is 29.3 Å². The van der Waals surface area contributed by atoms with Crippen LogP contribution in [0, 0.1) is 5.41 Å². The van der Waals surface area contributed by atoms with Crippen molar-refractivity contribution in [3.05, 3.63) is 35.9 Å². The number of carbonyl (C=O) groups excluding carboxylic acids is 3. The highest BCUT2D eigenvalue weighted by Gasteiger charge is 2.36. The third-order valence-corrected chi connectivity index (χ3v) is 4.68. The molecule has 0 spiro atoms. The average molecular weight is 377 g/mol. The van der Waals surface area contributed by atoms with Crippen LogP contribution in [-0.2, 0) is 20.9 Å². The third-order valence-electron chi connectivity index (χ3n) is 4.68. The van der Waals surface area contributed by atoms with Gasteiger partial charge in [-0.25, -0.2) is 4.79 Å². The number of hydrogen-bond acceptors (Lipinski definition) is 6. The smallest absolute Gasteiger partial charge is 0.410 e. The molecule has 0 aromatic heterocycles. The molecule has 148 valence electrons. The zero-order chi connectivity index (χ0) is 20.0. The highest BCUT2D eigenvalue weighted by Crippen LogP contribution is 2.22. The van der Waals surface area contributed by atoms with Gasteiger partial charge in [-0.1, -0.05) is 44.2 Å². The van der Waals surface area contributed by atoms with E-state index in [1.54, 1.807) is 0 Å². The number of ether oxygens (including phenoxy) is 1. The lowest BCUT2D eigenvalue weighted by Gasteiger charge is -2.32. The van der Waals surface area contributed by atoms with Crippen molar-refractivity contribution >= 4 is 18.0 Å². The Morgan fingerprint density at radius 1 is 1.33 bits per heavy atom. The first-order chi connectivity index (χ1) is 12.7. The number of carboxylic acid groups (broad SMARTS) is 1. The average Bonchev–Trinajstić information content (AvgIpc) is 3.14. The highest BCUT2D eigenvalue weighted by molar-refractivity contribution is 5.86. The molecule has 1 aliphatic heterocycles. The summed E-state index contributed by atoms with van der Waals surface area (Å²) in [5, 5.41) is 23.1. The van der Waals surface area contributed by atoms with E-state index in [4.69, 9.17) is 4.74 Å². The normalized spacial score (nSPS) is 18.0. The van der Waals surface area contributed by atoms with Gasteiger partial charge >= 0.3 is 6.09 Å². The van der Waals surface area contributed by atoms with Gasteiger partial charge in [-0.05, 0) is 18.4 Å². The number of carboxylic acids is 1. The minimum atomic E-state index is -1.71. The fourth-order valence-electron chi connectivity index (χ4n) is 2.91. The number of nitrogens with zero attached hydrogens (tertiary/aromatic N) is 1. The quantitative estimate of drug-likeness (QED) is 0.693. The topological polar surface area (TPSA) is 119 Å². The molecule has 2 rings (SSSR count). The largest absolute Gasteiger partial charge is 0.547 e. The maximum Gasteiger partial charge on any atom is 0.410 e. The molecule has 1 fully saturated rings. The SMILES string of the molecule is CC(C)(CNC(=O)[C@H]1CCCN1C(=O)OCc1ccccc1)[C@@H](O)C(=O)[O-]. The first-order valence-electron chi connectivity index (χ1n) is 8.86. The first-order valence-corrected chi connectivity index (χ1v) is 8.86. The van der Waals surface area contributed by atoms with E-state index in [1.165, 1.54) is 18.7 Å². The Bertz CT molecular complexity index is 676. The van der Waals surface area contributed by atoms with Crippen molar-refractivity contribution in [2.75, 3.05) is 13.1 Å². The number of carbonyl (C=O) groups is 3. The van der Waals surface area contributed by atoms with Crippen LogP contribution in [0.3, 0.4) is 0 Å². The molecule has 2 atom stereocenters. The number of aliphatic carboxylic acids is 1. The Morgan fingerprint density at radius 3 is 2.63 bits per heavy atom. The summed E-state index contributed by atoms with van der Waals surface area (Å²) in [6.45, 7) is 3.49. The van der Waals surface area contributed by atoms with Crippen LogP contribution in [0.15, 0.2) is 30.3 Å². The van der Waals surface area contributed by atoms with Gasteiger partial charge in [-0.15, -0.1) is 0 Å². The van der Waals surface area contributed by atoms with Crippen molar-refractivity contribution in [3.63, 3.8) is 0 Å². The molecular formula is C19H25N2O6-. The van der Waals surface area contributed by atoms with E-state index >= 15 is 0 Å². The van der Waals surface area contributed by atoms with Crippen molar-refractivity contribution in [3.8, 4) is 0 Å². The van der Waals surface area contributed by atoms with Crippen LogP contribution >= 0.6 is 0 Å². The van der Waals surface area contributed by atoms with E-state index in [0.717, 1.165) is 5.56 Å². The molecule has 8 nitrogen and oxygen atoms in total. The van der Waals surface area contributed by atoms with Gasteiger partial charge in [-0.3, -0.25) is 9.69 Å². The lowest BCUT2D eigenvalue weighted by Crippen LogP contribution is -2.52. The van der Waals surface area contributed by atoms with E-state index in [0.29, 0.717) is 19.4 Å². The second kappa shape index (κ2) is 8.85. The molecule has 1 saturated heterocycles. The molecule has 1 aromatic rings. The van der Waals surface area contributed by atoms with E-state index in [9.17, 15) is 24.6 Å². The summed E-state index contributed by atoms with van der Waals surface area (Å²) in [4.78, 5) is 37.0. The summed E-state index contributed by atoms with van der Waals surface area (Å²) < 4.78 is 5.29. The van der Waals surface area contributed by atoms with Gasteiger partial charge < -0.3 is 25.1 Å². The molecule has 0 bridgehead atoms. The molecule has 0 saturated carbocycles. The lowest BCUT2D eigenvalue weighted by molar-refractivity contribution is -0.319. The summed E-state index contributed by atoms with van der Waals surface area (Å²) in [6.07, 6.45) is -1.11. The van der Waals surface area contributed by atoms with Crippen LogP contribution in [-0.4, -0.2) is 53.2 Å². The minimum Gasteiger partial charge on any atom is -0.547 e. The monoisotopic (exact) mass is 377 g/mol. The number of aliphatic hydroxyl groups excluding tert-OH is 1. The molecule has 0 radical (unpaired) electrons. The summed E-state index contributed by atoms with van der Waals surface area (Å²) in [5.74, 6) is -2.00. The van der Waals surface area contributed by atoms with Gasteiger partial charge in [0.1, 0.15) is 18.8 Å². The van der Waals surface area contributed by atoms with Gasteiger partial charge in [0.05, 0.1) is 5.97 Å². The van der Waals surface area contributed by atoms with Crippen molar-refractivity contribution in [2.24, 2.45) is 5.41 Å². The van der Waals surface area contributed by atoms with Gasteiger partial charge in [0.25, 0.3) is 0 Å². The summed E-state index contributed by atoms with van der Waals surface area (Å²) in [7, 11) is 0. The fraction of sp³-hybridized carbons (Fsp3) is 0.526. The van der Waals surface area contributed by atoms with Crippen molar-refractivity contribution in [1.29, 1.82) is 0 Å². The number of rotatable bonds is 7. The number of aliphatic hydroxyl groups is 1. The fourth-order valence-corrected chi connectivity index (χ4v) is 2.91. The summed E-state index contributed by atoms with van der Waals surface area (Å²) in [6, 6.07) is 8.56. The third kappa shape index (κ3) is 5.43. The number of amides is 2. The van der Waals surface area contributed by atoms with E-state index in [-0.39, 0.29) is 13.2 Å². The number of nitrogens with one attached hydrogen (secondary N) is 1. The van der Waals surface area contributed by atoms with Gasteiger partial charge in [0.15, 0.2) is 0 Å². The molecule has 27 heavy (non-hydrogen) atoms. The Balaban J connectivity index is 1.89. The maximum absolute atomic E-state index is 12.5. The van der Waals surface area contributed by atoms with E-state index in [1.807, 2.05) is 30.3 Å². The van der Waals surface area contributed by atoms with Crippen LogP contribution in [0.2, 0.25) is 0 Å². The number of benzene rings is 1. The molecule has 0 unspecified atom stereocenters. The van der Waals surface area contributed by atoms with Crippen LogP contribution in [0.1, 0.15) is 32.3 Å². The van der Waals surface area contributed by atoms with Crippen LogP contribution in [0.4, 0.5) is 4.79 Å². The molecule has 2 amide bonds. The van der Waals surface area contributed by atoms with Crippen LogP contribution < -0.4 is 10.4 Å². The lowest BCUT2D eigenvalue weighted by atomic mass is 9.86. The molecule has 1 heterocycles. The standard InChI is InChI=1S/C19H26N2O6/c1-19(2,15(22)17(24)25)12-20-16(23)14-9-6-10-21(14)18(26)27-11-13-7-4-3-5-8-13/h3-5,7-8,14-15,22H,6,9-12H2,1-2H3,(H,20,23)(H,24,25)/p-1/t14-,15+/m1/s1. The zero-order valence-electron chi connectivity index (χ0n) is 15.5. The van der Waals surface area contributed by atoms with Crippen LogP contribution in [0.5, 0.6) is 0 Å².